The van der Waals surface area contributed by atoms with Crippen molar-refractivity contribution in [3.8, 4) is 33.6 Å². The van der Waals surface area contributed by atoms with Crippen LogP contribution < -0.4 is 5.45 Å². The second-order valence-electron chi connectivity index (χ2n) is 6.84. The topological polar surface area (TPSA) is 25.8 Å². The summed E-state index contributed by atoms with van der Waals surface area (Å²) in [7, 11) is -4.20. The van der Waals surface area contributed by atoms with Gasteiger partial charge in [0.15, 0.2) is 0 Å². The van der Waals surface area contributed by atoms with E-state index in [0.717, 1.165) is 22.3 Å². The zero-order chi connectivity index (χ0) is 24.6. The third-order valence-corrected chi connectivity index (χ3v) is 5.63. The van der Waals surface area contributed by atoms with Crippen molar-refractivity contribution in [3.63, 3.8) is 0 Å². The average molecular weight is 387 g/mol. The third kappa shape index (κ3) is 3.66. The Morgan fingerprint density at radius 2 is 1.00 bits per heavy atom. The number of benzene rings is 3. The highest BCUT2D eigenvalue weighted by atomic mass is 28.3. The molecule has 2 nitrogen and oxygen atoms in total. The van der Waals surface area contributed by atoms with Gasteiger partial charge in [0.2, 0.25) is 0 Å². The summed E-state index contributed by atoms with van der Waals surface area (Å²) < 4.78 is 49.2. The number of nitrogens with zero attached hydrogens (tertiary/aromatic N) is 2. The van der Waals surface area contributed by atoms with Gasteiger partial charge in [-0.3, -0.25) is 0 Å². The molecule has 0 spiro atoms. The lowest BCUT2D eigenvalue weighted by Crippen LogP contribution is -2.43. The van der Waals surface area contributed by atoms with E-state index < -0.39 is 21.0 Å². The summed E-state index contributed by atoms with van der Waals surface area (Å²) in [6.45, 7) is -4.11. The molecule has 0 fully saturated rings. The van der Waals surface area contributed by atoms with Gasteiger partial charge in [-0.2, -0.15) is 0 Å². The first-order chi connectivity index (χ1) is 16.0. The molecule has 4 aromatic rings. The number of hydrogen-bond donors (Lipinski definition) is 0. The van der Waals surface area contributed by atoms with Crippen LogP contribution in [0.1, 0.15) is 8.22 Å². The van der Waals surface area contributed by atoms with E-state index >= 15 is 0 Å². The van der Waals surface area contributed by atoms with Crippen LogP contribution in [0.25, 0.3) is 33.6 Å². The van der Waals surface area contributed by atoms with E-state index in [0.29, 0.717) is 11.4 Å². The van der Waals surface area contributed by atoms with Crippen LogP contribution in [0.4, 0.5) is 0 Å². The Bertz CT molecular complexity index is 1200. The highest BCUT2D eigenvalue weighted by molar-refractivity contribution is 6.87. The lowest BCUT2D eigenvalue weighted by Gasteiger charge is -2.21. The monoisotopic (exact) mass is 386 g/mol. The van der Waals surface area contributed by atoms with Gasteiger partial charge in [0.25, 0.3) is 0 Å². The quantitative estimate of drug-likeness (QED) is 0.401. The molecule has 0 saturated carbocycles. The second kappa shape index (κ2) is 7.53. The van der Waals surface area contributed by atoms with Crippen LogP contribution >= 0.6 is 0 Å². The molecule has 3 heteroatoms. The van der Waals surface area contributed by atoms with E-state index in [1.165, 1.54) is 6.55 Å². The Morgan fingerprint density at radius 3 is 1.39 bits per heavy atom. The first-order valence-electron chi connectivity index (χ1n) is 12.1. The Kier molecular flexibility index (Phi) is 3.34. The maximum Gasteiger partial charge on any atom is 0.125 e. The van der Waals surface area contributed by atoms with Gasteiger partial charge in [-0.1, -0.05) is 110 Å². The summed E-state index contributed by atoms with van der Waals surface area (Å²) in [6.07, 6.45) is 0. The van der Waals surface area contributed by atoms with Gasteiger partial charge in [0, 0.05) is 24.9 Å². The second-order valence-corrected chi connectivity index (χ2v) is 9.54. The van der Waals surface area contributed by atoms with Gasteiger partial charge >= 0.3 is 0 Å². The van der Waals surface area contributed by atoms with E-state index in [1.807, 2.05) is 91.0 Å². The van der Waals surface area contributed by atoms with Crippen LogP contribution in [0.3, 0.4) is 0 Å². The van der Waals surface area contributed by atoms with E-state index in [2.05, 4.69) is 0 Å². The Balaban J connectivity index is 2.17. The van der Waals surface area contributed by atoms with Crippen molar-refractivity contribution in [3.05, 3.63) is 91.0 Å². The average Bonchev–Trinajstić information content (AvgIpc) is 2.83. The normalized spacial score (nSPS) is 15.5. The number of rotatable bonds is 4. The zero-order valence-corrected chi connectivity index (χ0v) is 16.6. The van der Waals surface area contributed by atoms with Crippen LogP contribution in [-0.4, -0.2) is 18.0 Å². The van der Waals surface area contributed by atoms with Crippen molar-refractivity contribution < 1.29 is 8.22 Å². The summed E-state index contributed by atoms with van der Waals surface area (Å²) >= 11 is 0. The van der Waals surface area contributed by atoms with Gasteiger partial charge in [0.05, 0.1) is 11.4 Å². The molecule has 138 valence electrons. The third-order valence-electron chi connectivity index (χ3n) is 4.51. The first kappa shape index (κ1) is 12.4. The highest BCUT2D eigenvalue weighted by Crippen LogP contribution is 2.37. The van der Waals surface area contributed by atoms with Crippen molar-refractivity contribution in [2.24, 2.45) is 0 Å². The van der Waals surface area contributed by atoms with Crippen molar-refractivity contribution in [1.82, 2.24) is 9.97 Å². The Morgan fingerprint density at radius 1 is 0.607 bits per heavy atom. The molecular weight excluding hydrogens is 356 g/mol. The summed E-state index contributed by atoms with van der Waals surface area (Å²) in [5.74, 6) is 0. The molecule has 0 unspecified atom stereocenters. The molecule has 0 saturated heterocycles. The van der Waals surface area contributed by atoms with Crippen molar-refractivity contribution in [1.29, 1.82) is 0 Å². The summed E-state index contributed by atoms with van der Waals surface area (Å²) in [5, 5.41) is 0. The molecule has 4 rings (SSSR count). The first-order valence-corrected chi connectivity index (χ1v) is 11.6. The van der Waals surface area contributed by atoms with Crippen LogP contribution in [0.2, 0.25) is 19.5 Å². The van der Waals surface area contributed by atoms with Crippen LogP contribution in [-0.2, 0) is 0 Å². The largest absolute Gasteiger partial charge is 0.238 e. The molecule has 3 aromatic carbocycles. The zero-order valence-electron chi connectivity index (χ0n) is 21.6. The molecule has 0 radical (unpaired) electrons. The van der Waals surface area contributed by atoms with Gasteiger partial charge in [-0.15, -0.1) is 0 Å². The fourth-order valence-electron chi connectivity index (χ4n) is 3.17. The lowest BCUT2D eigenvalue weighted by atomic mass is 9.94. The lowest BCUT2D eigenvalue weighted by molar-refractivity contribution is 1.22. The van der Waals surface area contributed by atoms with Crippen LogP contribution in [0.5, 0.6) is 0 Å². The van der Waals surface area contributed by atoms with Gasteiger partial charge in [-0.25, -0.2) is 9.97 Å². The van der Waals surface area contributed by atoms with Crippen molar-refractivity contribution in [2.45, 2.75) is 19.5 Å². The fourth-order valence-corrected chi connectivity index (χ4v) is 3.84. The molecule has 1 heterocycles. The van der Waals surface area contributed by atoms with E-state index in [1.54, 1.807) is 0 Å². The van der Waals surface area contributed by atoms with E-state index in [4.69, 9.17) is 18.2 Å². The minimum absolute atomic E-state index is 0.0927. The number of hydrogen-bond acceptors (Lipinski definition) is 2. The predicted octanol–water partition coefficient (Wildman–Crippen LogP) is 6.02. The molecule has 28 heavy (non-hydrogen) atoms. The molecule has 0 N–H and O–H groups in total. The summed E-state index contributed by atoms with van der Waals surface area (Å²) in [4.78, 5) is 9.48. The van der Waals surface area contributed by atoms with E-state index in [-0.39, 0.29) is 5.45 Å². The minimum Gasteiger partial charge on any atom is -0.238 e. The van der Waals surface area contributed by atoms with Gasteiger partial charge in [-0.05, 0) is 5.56 Å². The van der Waals surface area contributed by atoms with Crippen molar-refractivity contribution >= 4 is 13.5 Å². The molecule has 0 aliphatic heterocycles. The van der Waals surface area contributed by atoms with Gasteiger partial charge in [0.1, 0.15) is 13.5 Å². The smallest absolute Gasteiger partial charge is 0.125 e. The summed E-state index contributed by atoms with van der Waals surface area (Å²) in [5.41, 5.74) is 4.05. The molecular formula is C25H24N2Si. The molecule has 0 aliphatic rings. The maximum atomic E-state index is 8.20. The minimum atomic E-state index is -4.20. The van der Waals surface area contributed by atoms with Crippen LogP contribution in [0.15, 0.2) is 91.0 Å². The summed E-state index contributed by atoms with van der Waals surface area (Å²) in [6, 6.07) is 28.4. The van der Waals surface area contributed by atoms with E-state index in [9.17, 15) is 0 Å². The van der Waals surface area contributed by atoms with Crippen LogP contribution in [0, 0.1) is 0 Å². The Hall–Kier alpha value is -3.04. The molecule has 0 bridgehead atoms. The standard InChI is InChI=1S/C25H24N2Si/c1-28(2,3)25-26-23(20-15-9-5-10-16-20)22(19-13-7-4-8-14-19)24(27-25)21-17-11-6-12-18-21/h4-18H,1-3H3/i1D3,2D3. The number of aromatic nitrogens is 2. The maximum absolute atomic E-state index is 8.20. The van der Waals surface area contributed by atoms with Crippen molar-refractivity contribution in [2.75, 3.05) is 0 Å². The molecule has 0 aliphatic carbocycles. The predicted molar refractivity (Wildman–Crippen MR) is 121 cm³/mol. The SMILES string of the molecule is [2H]C([2H])([2H])[Si](C)(c1nc(-c2ccccc2)c(-c2ccccc2)c(-c2ccccc2)n1)C([2H])([2H])[2H]. The fraction of sp³-hybridized carbons (Fsp3) is 0.120. The molecule has 0 amide bonds. The van der Waals surface area contributed by atoms with Gasteiger partial charge < -0.3 is 0 Å². The molecule has 0 atom stereocenters. The Labute approximate surface area is 176 Å². The molecule has 1 aromatic heterocycles. The highest BCUT2D eigenvalue weighted by Gasteiger charge is 2.26.